The molecule has 3 unspecified atom stereocenters. The summed E-state index contributed by atoms with van der Waals surface area (Å²) in [5.41, 5.74) is 7.64. The first-order chi connectivity index (χ1) is 7.59. The molecular weight excluding hydrogens is 330 g/mol. The Morgan fingerprint density at radius 2 is 2.06 bits per heavy atom. The van der Waals surface area contributed by atoms with Crippen LogP contribution in [0.1, 0.15) is 37.8 Å². The fourth-order valence-electron chi connectivity index (χ4n) is 2.71. The summed E-state index contributed by atoms with van der Waals surface area (Å²) in [5.74, 6) is 1.38. The second-order valence-electron chi connectivity index (χ2n) is 4.76. The Morgan fingerprint density at radius 3 is 2.69 bits per heavy atom. The zero-order valence-corrected chi connectivity index (χ0v) is 12.6. The van der Waals surface area contributed by atoms with Crippen LogP contribution in [0.5, 0.6) is 0 Å². The number of benzene rings is 1. The highest BCUT2D eigenvalue weighted by Crippen LogP contribution is 2.41. The second-order valence-corrected chi connectivity index (χ2v) is 6.53. The van der Waals surface area contributed by atoms with E-state index < -0.39 is 0 Å². The summed E-state index contributed by atoms with van der Waals surface area (Å²) in [4.78, 5) is 0. The van der Waals surface area contributed by atoms with Crippen LogP contribution >= 0.6 is 31.9 Å². The van der Waals surface area contributed by atoms with Crippen molar-refractivity contribution >= 4 is 31.9 Å². The van der Waals surface area contributed by atoms with Gasteiger partial charge in [-0.15, -0.1) is 0 Å². The fraction of sp³-hybridized carbons (Fsp3) is 0.538. The molecule has 1 aliphatic carbocycles. The zero-order chi connectivity index (χ0) is 11.7. The van der Waals surface area contributed by atoms with Gasteiger partial charge in [-0.2, -0.15) is 0 Å². The summed E-state index contributed by atoms with van der Waals surface area (Å²) < 4.78 is 2.23. The first kappa shape index (κ1) is 12.6. The predicted octanol–water partition coefficient (Wildman–Crippen LogP) is 4.65. The van der Waals surface area contributed by atoms with Crippen LogP contribution in [0.4, 0.5) is 0 Å². The van der Waals surface area contributed by atoms with Crippen molar-refractivity contribution in [3.63, 3.8) is 0 Å². The average molecular weight is 347 g/mol. The number of hydrogen-bond donors (Lipinski definition) is 1. The SMILES string of the molecule is CC1CCCC1C(N)c1cc(Br)ccc1Br. The van der Waals surface area contributed by atoms with E-state index >= 15 is 0 Å². The summed E-state index contributed by atoms with van der Waals surface area (Å²) in [6, 6.07) is 6.40. The van der Waals surface area contributed by atoms with Gasteiger partial charge in [-0.05, 0) is 42.0 Å². The van der Waals surface area contributed by atoms with Crippen LogP contribution in [0.25, 0.3) is 0 Å². The molecule has 3 heteroatoms. The molecular formula is C13H17Br2N. The fourth-order valence-corrected chi connectivity index (χ4v) is 3.60. The molecule has 0 heterocycles. The summed E-state index contributed by atoms with van der Waals surface area (Å²) in [5, 5.41) is 0. The molecule has 1 aromatic rings. The molecule has 16 heavy (non-hydrogen) atoms. The van der Waals surface area contributed by atoms with E-state index in [2.05, 4.69) is 50.9 Å². The highest BCUT2D eigenvalue weighted by molar-refractivity contribution is 9.11. The molecule has 0 aromatic heterocycles. The summed E-state index contributed by atoms with van der Waals surface area (Å²) >= 11 is 7.11. The van der Waals surface area contributed by atoms with Gasteiger partial charge in [-0.3, -0.25) is 0 Å². The molecule has 0 saturated heterocycles. The summed E-state index contributed by atoms with van der Waals surface area (Å²) in [7, 11) is 0. The van der Waals surface area contributed by atoms with Gasteiger partial charge in [0.2, 0.25) is 0 Å². The highest BCUT2D eigenvalue weighted by Gasteiger charge is 2.30. The largest absolute Gasteiger partial charge is 0.324 e. The normalized spacial score (nSPS) is 27.0. The minimum atomic E-state index is 0.157. The maximum absolute atomic E-state index is 6.41. The van der Waals surface area contributed by atoms with Crippen molar-refractivity contribution < 1.29 is 0 Å². The lowest BCUT2D eigenvalue weighted by Gasteiger charge is -2.24. The molecule has 2 N–H and O–H groups in total. The van der Waals surface area contributed by atoms with Gasteiger partial charge >= 0.3 is 0 Å². The Hall–Kier alpha value is 0.140. The van der Waals surface area contributed by atoms with Gasteiger partial charge in [0, 0.05) is 15.0 Å². The average Bonchev–Trinajstić information content (AvgIpc) is 2.67. The monoisotopic (exact) mass is 345 g/mol. The number of nitrogens with two attached hydrogens (primary N) is 1. The molecule has 2 rings (SSSR count). The maximum Gasteiger partial charge on any atom is 0.0337 e. The molecule has 3 atom stereocenters. The van der Waals surface area contributed by atoms with Crippen LogP contribution in [0.3, 0.4) is 0 Å². The van der Waals surface area contributed by atoms with Gasteiger partial charge in [0.15, 0.2) is 0 Å². The number of hydrogen-bond acceptors (Lipinski definition) is 1. The Bertz CT molecular complexity index is 378. The van der Waals surface area contributed by atoms with E-state index in [0.29, 0.717) is 5.92 Å². The first-order valence-corrected chi connectivity index (χ1v) is 7.38. The minimum absolute atomic E-state index is 0.157. The van der Waals surface area contributed by atoms with Crippen LogP contribution in [-0.4, -0.2) is 0 Å². The van der Waals surface area contributed by atoms with Gasteiger partial charge in [-0.1, -0.05) is 51.6 Å². The smallest absolute Gasteiger partial charge is 0.0337 e. The first-order valence-electron chi connectivity index (χ1n) is 5.80. The lowest BCUT2D eigenvalue weighted by atomic mass is 9.86. The molecule has 0 bridgehead atoms. The van der Waals surface area contributed by atoms with E-state index in [9.17, 15) is 0 Å². The standard InChI is InChI=1S/C13H17Br2N/c1-8-3-2-4-10(8)13(16)11-7-9(14)5-6-12(11)15/h5-8,10,13H,2-4,16H2,1H3. The van der Waals surface area contributed by atoms with Crippen LogP contribution in [0.15, 0.2) is 27.1 Å². The van der Waals surface area contributed by atoms with Crippen molar-refractivity contribution in [1.82, 2.24) is 0 Å². The van der Waals surface area contributed by atoms with Crippen molar-refractivity contribution in [2.45, 2.75) is 32.2 Å². The molecule has 1 aliphatic rings. The second kappa shape index (κ2) is 5.19. The third-order valence-corrected chi connectivity index (χ3v) is 4.92. The van der Waals surface area contributed by atoms with E-state index in [-0.39, 0.29) is 6.04 Å². The van der Waals surface area contributed by atoms with Gasteiger partial charge in [0.05, 0.1) is 0 Å². The van der Waals surface area contributed by atoms with Gasteiger partial charge in [0.1, 0.15) is 0 Å². The van der Waals surface area contributed by atoms with Crippen molar-refractivity contribution in [1.29, 1.82) is 0 Å². The van der Waals surface area contributed by atoms with Crippen molar-refractivity contribution in [3.05, 3.63) is 32.7 Å². The lowest BCUT2D eigenvalue weighted by molar-refractivity contribution is 0.350. The third kappa shape index (κ3) is 2.52. The van der Waals surface area contributed by atoms with Gasteiger partial charge in [-0.25, -0.2) is 0 Å². The summed E-state index contributed by atoms with van der Waals surface area (Å²) in [6.45, 7) is 2.32. The topological polar surface area (TPSA) is 26.0 Å². The lowest BCUT2D eigenvalue weighted by Crippen LogP contribution is -2.23. The number of halogens is 2. The summed E-state index contributed by atoms with van der Waals surface area (Å²) in [6.07, 6.45) is 3.91. The van der Waals surface area contributed by atoms with Crippen LogP contribution in [-0.2, 0) is 0 Å². The van der Waals surface area contributed by atoms with Crippen molar-refractivity contribution in [2.75, 3.05) is 0 Å². The molecule has 88 valence electrons. The zero-order valence-electron chi connectivity index (χ0n) is 9.42. The highest BCUT2D eigenvalue weighted by atomic mass is 79.9. The van der Waals surface area contributed by atoms with E-state index in [1.54, 1.807) is 0 Å². The van der Waals surface area contributed by atoms with Gasteiger partial charge in [0.25, 0.3) is 0 Å². The predicted molar refractivity (Wildman–Crippen MR) is 75.3 cm³/mol. The van der Waals surface area contributed by atoms with Crippen molar-refractivity contribution in [2.24, 2.45) is 17.6 Å². The molecule has 1 fully saturated rings. The Kier molecular flexibility index (Phi) is 4.09. The quantitative estimate of drug-likeness (QED) is 0.828. The molecule has 1 nitrogen and oxygen atoms in total. The Balaban J connectivity index is 2.25. The van der Waals surface area contributed by atoms with Crippen molar-refractivity contribution in [3.8, 4) is 0 Å². The molecule has 1 aromatic carbocycles. The maximum atomic E-state index is 6.41. The molecule has 0 amide bonds. The Morgan fingerprint density at radius 1 is 1.31 bits per heavy atom. The minimum Gasteiger partial charge on any atom is -0.324 e. The third-order valence-electron chi connectivity index (χ3n) is 3.71. The van der Waals surface area contributed by atoms with E-state index in [4.69, 9.17) is 5.73 Å². The number of rotatable bonds is 2. The molecule has 0 aliphatic heterocycles. The van der Waals surface area contributed by atoms with Gasteiger partial charge < -0.3 is 5.73 Å². The van der Waals surface area contributed by atoms with Crippen LogP contribution in [0.2, 0.25) is 0 Å². The van der Waals surface area contributed by atoms with E-state index in [1.165, 1.54) is 24.8 Å². The molecule has 0 spiro atoms. The van der Waals surface area contributed by atoms with E-state index in [0.717, 1.165) is 14.9 Å². The van der Waals surface area contributed by atoms with Crippen LogP contribution in [0, 0.1) is 11.8 Å². The van der Waals surface area contributed by atoms with E-state index in [1.807, 2.05) is 6.07 Å². The van der Waals surface area contributed by atoms with Crippen LogP contribution < -0.4 is 5.73 Å². The molecule has 0 radical (unpaired) electrons. The molecule has 1 saturated carbocycles. The Labute approximate surface area is 114 Å².